The molecule has 0 bridgehead atoms. The number of aromatic hydroxyl groups is 1. The van der Waals surface area contributed by atoms with Crippen LogP contribution in [0.25, 0.3) is 21.9 Å². The minimum absolute atomic E-state index is 0.0137. The van der Waals surface area contributed by atoms with Gasteiger partial charge < -0.3 is 19.0 Å². The molecule has 0 unspecified atom stereocenters. The fraction of sp³-hybridized carbons (Fsp3) is 0.286. The molecule has 2 aromatic carbocycles. The number of benzene rings is 2. The van der Waals surface area contributed by atoms with E-state index in [0.29, 0.717) is 21.9 Å². The van der Waals surface area contributed by atoms with Crippen LogP contribution < -0.4 is 0 Å². The molecule has 3 rings (SSSR count). The Balaban J connectivity index is 2.49. The first-order valence-corrected chi connectivity index (χ1v) is 8.88. The van der Waals surface area contributed by atoms with Crippen LogP contribution in [0.3, 0.4) is 0 Å². The number of hydrogen-bond donors (Lipinski definition) is 1. The lowest BCUT2D eigenvalue weighted by Gasteiger charge is -2.11. The van der Waals surface area contributed by atoms with Crippen molar-refractivity contribution in [1.29, 1.82) is 0 Å². The minimum atomic E-state index is -0.698. The number of fused-ring (bicyclic) bond motifs is 3. The van der Waals surface area contributed by atoms with E-state index in [0.717, 1.165) is 0 Å². The number of carbonyl (C=O) groups excluding carboxylic acids is 3. The first kappa shape index (κ1) is 19.4. The molecular formula is C21H20O7. The normalized spacial score (nSPS) is 11.0. The van der Waals surface area contributed by atoms with Crippen LogP contribution in [0.1, 0.15) is 57.4 Å². The summed E-state index contributed by atoms with van der Waals surface area (Å²) in [5.41, 5.74) is 1.42. The summed E-state index contributed by atoms with van der Waals surface area (Å²) in [6.45, 7) is 6.65. The van der Waals surface area contributed by atoms with Gasteiger partial charge >= 0.3 is 11.9 Å². The van der Waals surface area contributed by atoms with E-state index in [1.807, 2.05) is 0 Å². The molecule has 0 aliphatic rings. The average molecular weight is 384 g/mol. The van der Waals surface area contributed by atoms with Crippen molar-refractivity contribution in [3.05, 3.63) is 40.5 Å². The van der Waals surface area contributed by atoms with Crippen LogP contribution in [-0.4, -0.2) is 36.0 Å². The first-order valence-electron chi connectivity index (χ1n) is 8.88. The van der Waals surface area contributed by atoms with E-state index in [1.54, 1.807) is 20.8 Å². The fourth-order valence-corrected chi connectivity index (χ4v) is 3.21. The lowest BCUT2D eigenvalue weighted by atomic mass is 9.96. The van der Waals surface area contributed by atoms with E-state index in [4.69, 9.17) is 13.9 Å². The van der Waals surface area contributed by atoms with Gasteiger partial charge in [0.25, 0.3) is 0 Å². The zero-order chi connectivity index (χ0) is 20.6. The number of furan rings is 1. The number of aryl methyl sites for hydroxylation is 1. The summed E-state index contributed by atoms with van der Waals surface area (Å²) in [4.78, 5) is 37.1. The molecule has 28 heavy (non-hydrogen) atoms. The van der Waals surface area contributed by atoms with Gasteiger partial charge in [-0.05, 0) is 45.4 Å². The number of hydrogen-bond acceptors (Lipinski definition) is 7. The van der Waals surface area contributed by atoms with Crippen molar-refractivity contribution in [2.24, 2.45) is 0 Å². The Hall–Kier alpha value is -3.35. The largest absolute Gasteiger partial charge is 0.507 e. The first-order chi connectivity index (χ1) is 13.3. The third-order valence-corrected chi connectivity index (χ3v) is 4.40. The molecule has 1 aromatic heterocycles. The third-order valence-electron chi connectivity index (χ3n) is 4.40. The summed E-state index contributed by atoms with van der Waals surface area (Å²) in [6, 6.07) is 4.29. The van der Waals surface area contributed by atoms with E-state index in [-0.39, 0.29) is 47.0 Å². The van der Waals surface area contributed by atoms with Gasteiger partial charge in [-0.15, -0.1) is 0 Å². The number of carbonyl (C=O) groups is 3. The summed E-state index contributed by atoms with van der Waals surface area (Å²) in [5.74, 6) is -1.92. The van der Waals surface area contributed by atoms with Crippen LogP contribution in [-0.2, 0) is 9.47 Å². The van der Waals surface area contributed by atoms with Gasteiger partial charge in [-0.2, -0.15) is 0 Å². The number of ketones is 1. The monoisotopic (exact) mass is 384 g/mol. The third kappa shape index (κ3) is 3.09. The Bertz CT molecular complexity index is 1120. The Morgan fingerprint density at radius 3 is 2.25 bits per heavy atom. The van der Waals surface area contributed by atoms with Crippen molar-refractivity contribution in [1.82, 2.24) is 0 Å². The standard InChI is InChI=1S/C21H20O7/c1-5-26-20(24)14-7-10(3)19-17(18(14)21(25)27-6-2)13-8-12(11(4)22)15(23)9-16(13)28-19/h7-9,23H,5-6H2,1-4H3. The van der Waals surface area contributed by atoms with Crippen LogP contribution >= 0.6 is 0 Å². The summed E-state index contributed by atoms with van der Waals surface area (Å²) in [7, 11) is 0. The van der Waals surface area contributed by atoms with E-state index >= 15 is 0 Å². The van der Waals surface area contributed by atoms with E-state index in [1.165, 1.54) is 25.1 Å². The van der Waals surface area contributed by atoms with Crippen molar-refractivity contribution < 1.29 is 33.4 Å². The fourth-order valence-electron chi connectivity index (χ4n) is 3.21. The number of ether oxygens (including phenoxy) is 2. The highest BCUT2D eigenvalue weighted by atomic mass is 16.5. The molecule has 146 valence electrons. The number of Topliss-reactive ketones (excluding diaryl/α,β-unsaturated/α-hetero) is 1. The molecule has 0 spiro atoms. The predicted octanol–water partition coefficient (Wildman–Crippen LogP) is 4.16. The Morgan fingerprint density at radius 2 is 1.64 bits per heavy atom. The second kappa shape index (κ2) is 7.34. The van der Waals surface area contributed by atoms with Gasteiger partial charge in [0.15, 0.2) is 5.78 Å². The topological polar surface area (TPSA) is 103 Å². The van der Waals surface area contributed by atoms with Crippen LogP contribution in [0.4, 0.5) is 0 Å². The van der Waals surface area contributed by atoms with Crippen LogP contribution in [0, 0.1) is 6.92 Å². The van der Waals surface area contributed by atoms with E-state index in [9.17, 15) is 19.5 Å². The zero-order valence-corrected chi connectivity index (χ0v) is 16.0. The Kier molecular flexibility index (Phi) is 5.09. The predicted molar refractivity (Wildman–Crippen MR) is 102 cm³/mol. The molecule has 3 aromatic rings. The molecule has 7 nitrogen and oxygen atoms in total. The number of esters is 2. The highest BCUT2D eigenvalue weighted by molar-refractivity contribution is 6.21. The van der Waals surface area contributed by atoms with Crippen LogP contribution in [0.15, 0.2) is 22.6 Å². The van der Waals surface area contributed by atoms with E-state index < -0.39 is 11.9 Å². The molecule has 0 atom stereocenters. The van der Waals surface area contributed by atoms with Crippen molar-refractivity contribution in [2.45, 2.75) is 27.7 Å². The molecule has 0 amide bonds. The quantitative estimate of drug-likeness (QED) is 0.520. The summed E-state index contributed by atoms with van der Waals surface area (Å²) in [5, 5.41) is 10.9. The van der Waals surface area contributed by atoms with Gasteiger partial charge in [0.2, 0.25) is 0 Å². The molecule has 0 aliphatic heterocycles. The Labute approximate surface area is 160 Å². The second-order valence-electron chi connectivity index (χ2n) is 6.28. The van der Waals surface area contributed by atoms with Crippen LogP contribution in [0.5, 0.6) is 5.75 Å². The molecule has 7 heteroatoms. The van der Waals surface area contributed by atoms with Crippen molar-refractivity contribution in [3.8, 4) is 5.75 Å². The van der Waals surface area contributed by atoms with Crippen molar-refractivity contribution in [2.75, 3.05) is 13.2 Å². The summed E-state index contributed by atoms with van der Waals surface area (Å²) >= 11 is 0. The zero-order valence-electron chi connectivity index (χ0n) is 16.0. The van der Waals surface area contributed by atoms with Gasteiger partial charge in [-0.1, -0.05) is 0 Å². The molecule has 1 heterocycles. The number of rotatable bonds is 5. The second-order valence-corrected chi connectivity index (χ2v) is 6.28. The van der Waals surface area contributed by atoms with Gasteiger partial charge in [-0.3, -0.25) is 4.79 Å². The smallest absolute Gasteiger partial charge is 0.339 e. The van der Waals surface area contributed by atoms with Gasteiger partial charge in [-0.25, -0.2) is 9.59 Å². The van der Waals surface area contributed by atoms with Crippen molar-refractivity contribution >= 4 is 39.7 Å². The van der Waals surface area contributed by atoms with Crippen LogP contribution in [0.2, 0.25) is 0 Å². The molecular weight excluding hydrogens is 364 g/mol. The van der Waals surface area contributed by atoms with Gasteiger partial charge in [0.05, 0.1) is 29.9 Å². The molecule has 0 fully saturated rings. The number of phenols is 1. The highest BCUT2D eigenvalue weighted by Gasteiger charge is 2.28. The minimum Gasteiger partial charge on any atom is -0.507 e. The number of phenolic OH excluding ortho intramolecular Hbond substituents is 1. The highest BCUT2D eigenvalue weighted by Crippen LogP contribution is 2.38. The molecule has 0 radical (unpaired) electrons. The van der Waals surface area contributed by atoms with Gasteiger partial charge in [0.1, 0.15) is 16.9 Å². The molecule has 0 aliphatic carbocycles. The maximum atomic E-state index is 12.7. The maximum Gasteiger partial charge on any atom is 0.339 e. The summed E-state index contributed by atoms with van der Waals surface area (Å²) in [6.07, 6.45) is 0. The molecule has 0 saturated heterocycles. The molecule has 0 saturated carbocycles. The van der Waals surface area contributed by atoms with Gasteiger partial charge in [0, 0.05) is 16.8 Å². The maximum absolute atomic E-state index is 12.7. The van der Waals surface area contributed by atoms with Crippen molar-refractivity contribution in [3.63, 3.8) is 0 Å². The Morgan fingerprint density at radius 1 is 1.00 bits per heavy atom. The average Bonchev–Trinajstić information content (AvgIpc) is 2.99. The van der Waals surface area contributed by atoms with E-state index in [2.05, 4.69) is 0 Å². The summed E-state index contributed by atoms with van der Waals surface area (Å²) < 4.78 is 16.1. The SMILES string of the molecule is CCOC(=O)c1cc(C)c2oc3cc(O)c(C(C)=O)cc3c2c1C(=O)OCC. The molecule has 1 N–H and O–H groups in total. The lowest BCUT2D eigenvalue weighted by Crippen LogP contribution is -2.15. The lowest BCUT2D eigenvalue weighted by molar-refractivity contribution is 0.0481.